The van der Waals surface area contributed by atoms with Crippen LogP contribution in [0.15, 0.2) is 18.3 Å². The summed E-state index contributed by atoms with van der Waals surface area (Å²) in [5, 5.41) is 8.93. The fraction of sp³-hybridized carbons (Fsp3) is 0.538. The van der Waals surface area contributed by atoms with E-state index in [1.165, 1.54) is 5.56 Å². The van der Waals surface area contributed by atoms with Gasteiger partial charge in [0.25, 0.3) is 0 Å². The summed E-state index contributed by atoms with van der Waals surface area (Å²) in [6.45, 7) is 2.84. The van der Waals surface area contributed by atoms with E-state index in [1.807, 2.05) is 17.9 Å². The SMILES string of the molecule is CCN(CC(=O)O)[C@H]1CCCc2cccnc21. The van der Waals surface area contributed by atoms with Crippen LogP contribution in [0.5, 0.6) is 0 Å². The second-order valence-corrected chi connectivity index (χ2v) is 4.41. The second kappa shape index (κ2) is 5.27. The molecule has 1 aromatic heterocycles. The lowest BCUT2D eigenvalue weighted by Crippen LogP contribution is -2.35. The van der Waals surface area contributed by atoms with Gasteiger partial charge < -0.3 is 5.11 Å². The maximum Gasteiger partial charge on any atom is 0.317 e. The minimum absolute atomic E-state index is 0.0944. The molecule has 1 aromatic rings. The predicted octanol–water partition coefficient (Wildman–Crippen LogP) is 1.87. The lowest BCUT2D eigenvalue weighted by molar-refractivity contribution is -0.139. The van der Waals surface area contributed by atoms with E-state index in [4.69, 9.17) is 5.11 Å². The molecule has 0 spiro atoms. The molecule has 2 rings (SSSR count). The summed E-state index contributed by atoms with van der Waals surface area (Å²) in [7, 11) is 0. The Bertz CT molecular complexity index is 406. The monoisotopic (exact) mass is 234 g/mol. The lowest BCUT2D eigenvalue weighted by atomic mass is 9.91. The number of rotatable bonds is 4. The van der Waals surface area contributed by atoms with E-state index in [1.54, 1.807) is 6.20 Å². The Balaban J connectivity index is 2.24. The summed E-state index contributed by atoms with van der Waals surface area (Å²) in [6.07, 6.45) is 4.97. The molecule has 0 aliphatic heterocycles. The highest BCUT2D eigenvalue weighted by molar-refractivity contribution is 5.69. The molecule has 0 saturated carbocycles. The highest BCUT2D eigenvalue weighted by atomic mass is 16.4. The third-order valence-electron chi connectivity index (χ3n) is 3.35. The summed E-state index contributed by atoms with van der Waals surface area (Å²) in [5.41, 5.74) is 2.34. The van der Waals surface area contributed by atoms with Crippen molar-refractivity contribution < 1.29 is 9.90 Å². The van der Waals surface area contributed by atoms with Crippen LogP contribution in [0.1, 0.15) is 37.1 Å². The van der Waals surface area contributed by atoms with Crippen LogP contribution in [-0.4, -0.2) is 34.0 Å². The topological polar surface area (TPSA) is 53.4 Å². The fourth-order valence-corrected chi connectivity index (χ4v) is 2.56. The number of pyridine rings is 1. The van der Waals surface area contributed by atoms with Gasteiger partial charge in [0.2, 0.25) is 0 Å². The molecule has 0 aromatic carbocycles. The Labute approximate surface area is 101 Å². The average Bonchev–Trinajstić information content (AvgIpc) is 2.35. The minimum Gasteiger partial charge on any atom is -0.480 e. The van der Waals surface area contributed by atoms with Crippen LogP contribution in [0, 0.1) is 0 Å². The van der Waals surface area contributed by atoms with Gasteiger partial charge in [-0.3, -0.25) is 14.7 Å². The molecule has 4 nitrogen and oxygen atoms in total. The molecule has 1 aliphatic rings. The molecule has 1 atom stereocenters. The molecular weight excluding hydrogens is 216 g/mol. The summed E-state index contributed by atoms with van der Waals surface area (Å²) < 4.78 is 0. The molecule has 17 heavy (non-hydrogen) atoms. The van der Waals surface area contributed by atoms with Crippen LogP contribution in [0.4, 0.5) is 0 Å². The first kappa shape index (κ1) is 12.0. The van der Waals surface area contributed by atoms with E-state index >= 15 is 0 Å². The van der Waals surface area contributed by atoms with Crippen molar-refractivity contribution in [3.8, 4) is 0 Å². The van der Waals surface area contributed by atoms with Crippen molar-refractivity contribution in [2.24, 2.45) is 0 Å². The minimum atomic E-state index is -0.769. The molecular formula is C13H18N2O2. The van der Waals surface area contributed by atoms with E-state index in [9.17, 15) is 4.79 Å². The number of likely N-dealkylation sites (N-methyl/N-ethyl adjacent to an activating group) is 1. The summed E-state index contributed by atoms with van der Waals surface area (Å²) in [6, 6.07) is 4.22. The van der Waals surface area contributed by atoms with Crippen LogP contribution in [-0.2, 0) is 11.2 Å². The highest BCUT2D eigenvalue weighted by Gasteiger charge is 2.27. The van der Waals surface area contributed by atoms with Crippen molar-refractivity contribution in [1.29, 1.82) is 0 Å². The van der Waals surface area contributed by atoms with Crippen molar-refractivity contribution in [1.82, 2.24) is 9.88 Å². The van der Waals surface area contributed by atoms with Gasteiger partial charge in [-0.05, 0) is 37.4 Å². The Kier molecular flexibility index (Phi) is 3.74. The van der Waals surface area contributed by atoms with Crippen LogP contribution in [0.3, 0.4) is 0 Å². The zero-order valence-electron chi connectivity index (χ0n) is 10.1. The Hall–Kier alpha value is -1.42. The number of carbonyl (C=O) groups is 1. The molecule has 0 saturated heterocycles. The Morgan fingerprint density at radius 3 is 3.18 bits per heavy atom. The van der Waals surface area contributed by atoms with Gasteiger partial charge in [-0.15, -0.1) is 0 Å². The van der Waals surface area contributed by atoms with Crippen molar-refractivity contribution >= 4 is 5.97 Å². The van der Waals surface area contributed by atoms with Gasteiger partial charge in [0.05, 0.1) is 18.3 Å². The third-order valence-corrected chi connectivity index (χ3v) is 3.35. The first-order valence-electron chi connectivity index (χ1n) is 6.12. The van der Waals surface area contributed by atoms with E-state index in [2.05, 4.69) is 11.1 Å². The van der Waals surface area contributed by atoms with Crippen molar-refractivity contribution in [3.05, 3.63) is 29.6 Å². The molecule has 1 N–H and O–H groups in total. The number of fused-ring (bicyclic) bond motifs is 1. The molecule has 0 unspecified atom stereocenters. The second-order valence-electron chi connectivity index (χ2n) is 4.41. The van der Waals surface area contributed by atoms with E-state index in [0.29, 0.717) is 0 Å². The zero-order valence-corrected chi connectivity index (χ0v) is 10.1. The molecule has 1 heterocycles. The summed E-state index contributed by atoms with van der Waals surface area (Å²) >= 11 is 0. The van der Waals surface area contributed by atoms with Crippen molar-refractivity contribution in [2.45, 2.75) is 32.2 Å². The highest BCUT2D eigenvalue weighted by Crippen LogP contribution is 2.32. The molecule has 0 radical (unpaired) electrons. The van der Waals surface area contributed by atoms with Gasteiger partial charge >= 0.3 is 5.97 Å². The molecule has 0 bridgehead atoms. The van der Waals surface area contributed by atoms with Crippen LogP contribution < -0.4 is 0 Å². The quantitative estimate of drug-likeness (QED) is 0.864. The number of aromatic nitrogens is 1. The van der Waals surface area contributed by atoms with Gasteiger partial charge in [-0.25, -0.2) is 0 Å². The summed E-state index contributed by atoms with van der Waals surface area (Å²) in [4.78, 5) is 17.3. The van der Waals surface area contributed by atoms with Crippen LogP contribution in [0.2, 0.25) is 0 Å². The number of carboxylic acid groups (broad SMARTS) is 1. The summed E-state index contributed by atoms with van der Waals surface area (Å²) in [5.74, 6) is -0.769. The van der Waals surface area contributed by atoms with Gasteiger partial charge in [0.1, 0.15) is 0 Å². The van der Waals surface area contributed by atoms with E-state index in [0.717, 1.165) is 31.5 Å². The molecule has 1 aliphatic carbocycles. The van der Waals surface area contributed by atoms with Gasteiger partial charge in [-0.1, -0.05) is 13.0 Å². The largest absolute Gasteiger partial charge is 0.480 e. The maximum absolute atomic E-state index is 10.9. The number of carboxylic acids is 1. The lowest BCUT2D eigenvalue weighted by Gasteiger charge is -2.33. The van der Waals surface area contributed by atoms with Gasteiger partial charge in [-0.2, -0.15) is 0 Å². The van der Waals surface area contributed by atoms with Crippen LogP contribution in [0.25, 0.3) is 0 Å². The van der Waals surface area contributed by atoms with E-state index < -0.39 is 5.97 Å². The Morgan fingerprint density at radius 1 is 1.65 bits per heavy atom. The molecule has 0 amide bonds. The third kappa shape index (κ3) is 2.64. The first-order valence-corrected chi connectivity index (χ1v) is 6.12. The van der Waals surface area contributed by atoms with Gasteiger partial charge in [0, 0.05) is 6.20 Å². The fourth-order valence-electron chi connectivity index (χ4n) is 2.56. The number of aliphatic carboxylic acids is 1. The van der Waals surface area contributed by atoms with Crippen molar-refractivity contribution in [3.63, 3.8) is 0 Å². The van der Waals surface area contributed by atoms with Crippen LogP contribution >= 0.6 is 0 Å². The molecule has 0 fully saturated rings. The Morgan fingerprint density at radius 2 is 2.47 bits per heavy atom. The predicted molar refractivity (Wildman–Crippen MR) is 64.8 cm³/mol. The number of aryl methyl sites for hydroxylation is 1. The maximum atomic E-state index is 10.9. The number of hydrogen-bond acceptors (Lipinski definition) is 3. The van der Waals surface area contributed by atoms with E-state index in [-0.39, 0.29) is 12.6 Å². The smallest absolute Gasteiger partial charge is 0.317 e. The number of nitrogens with zero attached hydrogens (tertiary/aromatic N) is 2. The average molecular weight is 234 g/mol. The molecule has 4 heteroatoms. The zero-order chi connectivity index (χ0) is 12.3. The number of hydrogen-bond donors (Lipinski definition) is 1. The normalized spacial score (nSPS) is 19.1. The standard InChI is InChI=1S/C13H18N2O2/c1-2-15(9-12(16)17)11-7-3-5-10-6-4-8-14-13(10)11/h4,6,8,11H,2-3,5,7,9H2,1H3,(H,16,17)/t11-/m0/s1. The van der Waals surface area contributed by atoms with Crippen molar-refractivity contribution in [2.75, 3.05) is 13.1 Å². The molecule has 92 valence electrons. The van der Waals surface area contributed by atoms with Gasteiger partial charge in [0.15, 0.2) is 0 Å². The first-order chi connectivity index (χ1) is 8.22.